The Balaban J connectivity index is 2.54. The molecule has 6 heteroatoms. The molecule has 0 radical (unpaired) electrons. The Morgan fingerprint density at radius 3 is 2.15 bits per heavy atom. The summed E-state index contributed by atoms with van der Waals surface area (Å²) in [7, 11) is 0. The third-order valence-electron chi connectivity index (χ3n) is 4.23. The van der Waals surface area contributed by atoms with Gasteiger partial charge in [0.1, 0.15) is 0 Å². The van der Waals surface area contributed by atoms with Crippen LogP contribution in [0.25, 0.3) is 0 Å². The van der Waals surface area contributed by atoms with Crippen molar-refractivity contribution in [2.45, 2.75) is 83.1 Å². The number of nitrogens with two attached hydrogens (primary N) is 1. The van der Waals surface area contributed by atoms with Crippen molar-refractivity contribution in [1.29, 1.82) is 0 Å². The molecule has 1 aliphatic heterocycles. The maximum atomic E-state index is 12.3. The molecule has 0 spiro atoms. The number of hydrazine groups is 1. The number of alkyl halides is 3. The Labute approximate surface area is 120 Å². The molecule has 1 aliphatic rings. The van der Waals surface area contributed by atoms with Gasteiger partial charge in [0, 0.05) is 30.6 Å². The highest BCUT2D eigenvalue weighted by Crippen LogP contribution is 2.27. The molecule has 0 aromatic rings. The maximum absolute atomic E-state index is 12.3. The number of hydrogen-bond donors (Lipinski definition) is 2. The number of nitrogens with zero attached hydrogens (tertiary/aromatic N) is 1. The van der Waals surface area contributed by atoms with Crippen LogP contribution in [0, 0.1) is 0 Å². The van der Waals surface area contributed by atoms with Crippen LogP contribution in [-0.4, -0.2) is 35.4 Å². The zero-order valence-electron chi connectivity index (χ0n) is 12.8. The van der Waals surface area contributed by atoms with Crippen LogP contribution in [-0.2, 0) is 0 Å². The lowest BCUT2D eigenvalue weighted by Gasteiger charge is -2.45. The fraction of sp³-hybridized carbons (Fsp3) is 1.00. The predicted molar refractivity (Wildman–Crippen MR) is 75.1 cm³/mol. The fourth-order valence-electron chi connectivity index (χ4n) is 2.84. The smallest absolute Gasteiger partial charge is 0.329 e. The molecule has 3 nitrogen and oxygen atoms in total. The average molecular weight is 295 g/mol. The van der Waals surface area contributed by atoms with Crippen LogP contribution < -0.4 is 11.2 Å². The Morgan fingerprint density at radius 2 is 1.70 bits per heavy atom. The largest absolute Gasteiger partial charge is 0.389 e. The van der Waals surface area contributed by atoms with Crippen molar-refractivity contribution in [1.82, 2.24) is 10.4 Å². The third-order valence-corrected chi connectivity index (χ3v) is 4.23. The second-order valence-corrected chi connectivity index (χ2v) is 6.38. The molecule has 0 aromatic carbocycles. The normalized spacial score (nSPS) is 28.4. The number of nitrogens with one attached hydrogen (secondary N) is 1. The van der Waals surface area contributed by atoms with Gasteiger partial charge in [-0.1, -0.05) is 6.42 Å². The van der Waals surface area contributed by atoms with Crippen molar-refractivity contribution in [3.05, 3.63) is 0 Å². The minimum absolute atomic E-state index is 0.112. The van der Waals surface area contributed by atoms with Crippen LogP contribution in [0.1, 0.15) is 59.3 Å². The van der Waals surface area contributed by atoms with Gasteiger partial charge in [-0.15, -0.1) is 0 Å². The zero-order valence-corrected chi connectivity index (χ0v) is 12.8. The number of rotatable bonds is 6. The van der Waals surface area contributed by atoms with Crippen LogP contribution in [0.15, 0.2) is 0 Å². The summed E-state index contributed by atoms with van der Waals surface area (Å²) in [5.41, 5.74) is 8.74. The van der Waals surface area contributed by atoms with Crippen LogP contribution in [0.2, 0.25) is 0 Å². The number of hydrogen-bond acceptors (Lipinski definition) is 3. The minimum atomic E-state index is -4.08. The molecule has 0 aliphatic carbocycles. The molecule has 0 amide bonds. The summed E-state index contributed by atoms with van der Waals surface area (Å²) in [4.78, 5) is 0. The van der Waals surface area contributed by atoms with Crippen LogP contribution >= 0.6 is 0 Å². The first-order chi connectivity index (χ1) is 9.17. The van der Waals surface area contributed by atoms with Crippen molar-refractivity contribution in [2.75, 3.05) is 6.54 Å². The summed E-state index contributed by atoms with van der Waals surface area (Å²) in [6.45, 7) is 6.54. The van der Waals surface area contributed by atoms with Gasteiger partial charge < -0.3 is 5.73 Å². The van der Waals surface area contributed by atoms with E-state index in [-0.39, 0.29) is 6.42 Å². The molecule has 1 saturated heterocycles. The van der Waals surface area contributed by atoms with Gasteiger partial charge in [0.2, 0.25) is 0 Å². The molecule has 120 valence electrons. The van der Waals surface area contributed by atoms with Crippen LogP contribution in [0.3, 0.4) is 0 Å². The van der Waals surface area contributed by atoms with Gasteiger partial charge in [-0.25, -0.2) is 10.4 Å². The summed E-state index contributed by atoms with van der Waals surface area (Å²) in [6, 6.07) is 0.791. The van der Waals surface area contributed by atoms with E-state index in [1.165, 1.54) is 6.42 Å². The Morgan fingerprint density at radius 1 is 1.15 bits per heavy atom. The summed E-state index contributed by atoms with van der Waals surface area (Å²) < 4.78 is 36.8. The van der Waals surface area contributed by atoms with Gasteiger partial charge in [-0.2, -0.15) is 13.2 Å². The standard InChI is InChI=1S/C14H28F3N3/c1-11-6-4-7-12(2)20(11)19-13(3,10-18)8-5-9-14(15,16)17/h11-12,19H,4-10,18H2,1-3H3. The summed E-state index contributed by atoms with van der Waals surface area (Å²) >= 11 is 0. The van der Waals surface area contributed by atoms with E-state index < -0.39 is 18.1 Å². The third kappa shape index (κ3) is 5.58. The van der Waals surface area contributed by atoms with E-state index in [4.69, 9.17) is 5.73 Å². The molecular formula is C14H28F3N3. The molecular weight excluding hydrogens is 267 g/mol. The first-order valence-electron chi connectivity index (χ1n) is 7.50. The Kier molecular flexibility index (Phi) is 6.28. The minimum Gasteiger partial charge on any atom is -0.329 e. The lowest BCUT2D eigenvalue weighted by atomic mass is 9.94. The monoisotopic (exact) mass is 295 g/mol. The van der Waals surface area contributed by atoms with Gasteiger partial charge >= 0.3 is 6.18 Å². The van der Waals surface area contributed by atoms with Crippen molar-refractivity contribution in [2.24, 2.45) is 5.73 Å². The summed E-state index contributed by atoms with van der Waals surface area (Å²) in [5, 5.41) is 2.18. The van der Waals surface area contributed by atoms with Crippen molar-refractivity contribution in [3.63, 3.8) is 0 Å². The van der Waals surface area contributed by atoms with E-state index in [9.17, 15) is 13.2 Å². The van der Waals surface area contributed by atoms with Crippen LogP contribution in [0.5, 0.6) is 0 Å². The zero-order chi connectivity index (χ0) is 15.4. The molecule has 3 unspecified atom stereocenters. The van der Waals surface area contributed by atoms with E-state index >= 15 is 0 Å². The average Bonchev–Trinajstić information content (AvgIpc) is 2.32. The van der Waals surface area contributed by atoms with Gasteiger partial charge in [0.05, 0.1) is 0 Å². The molecule has 0 aromatic heterocycles. The van der Waals surface area contributed by atoms with E-state index in [0.29, 0.717) is 25.0 Å². The van der Waals surface area contributed by atoms with E-state index in [0.717, 1.165) is 12.8 Å². The summed E-state index contributed by atoms with van der Waals surface area (Å²) in [6.07, 6.45) is -0.856. The van der Waals surface area contributed by atoms with E-state index in [1.54, 1.807) is 0 Å². The van der Waals surface area contributed by atoms with Gasteiger partial charge in [0.25, 0.3) is 0 Å². The lowest BCUT2D eigenvalue weighted by Crippen LogP contribution is -2.62. The lowest BCUT2D eigenvalue weighted by molar-refractivity contribution is -0.136. The first-order valence-corrected chi connectivity index (χ1v) is 7.50. The van der Waals surface area contributed by atoms with Gasteiger partial charge in [-0.3, -0.25) is 0 Å². The van der Waals surface area contributed by atoms with Gasteiger partial charge in [0.15, 0.2) is 0 Å². The van der Waals surface area contributed by atoms with E-state index in [2.05, 4.69) is 24.3 Å². The molecule has 3 N–H and O–H groups in total. The second kappa shape index (κ2) is 7.09. The van der Waals surface area contributed by atoms with Crippen molar-refractivity contribution < 1.29 is 13.2 Å². The number of halogens is 3. The predicted octanol–water partition coefficient (Wildman–Crippen LogP) is 3.20. The van der Waals surface area contributed by atoms with E-state index in [1.807, 2.05) is 6.92 Å². The maximum Gasteiger partial charge on any atom is 0.389 e. The highest BCUT2D eigenvalue weighted by Gasteiger charge is 2.33. The van der Waals surface area contributed by atoms with Crippen molar-refractivity contribution >= 4 is 0 Å². The summed E-state index contributed by atoms with van der Waals surface area (Å²) in [5.74, 6) is 0. The molecule has 1 fully saturated rings. The molecule has 3 atom stereocenters. The number of piperidine rings is 1. The van der Waals surface area contributed by atoms with Crippen LogP contribution in [0.4, 0.5) is 13.2 Å². The quantitative estimate of drug-likeness (QED) is 0.790. The fourth-order valence-corrected chi connectivity index (χ4v) is 2.84. The second-order valence-electron chi connectivity index (χ2n) is 6.38. The molecule has 1 rings (SSSR count). The molecule has 0 bridgehead atoms. The topological polar surface area (TPSA) is 41.3 Å². The van der Waals surface area contributed by atoms with Crippen molar-refractivity contribution in [3.8, 4) is 0 Å². The Hall–Kier alpha value is -0.330. The SMILES string of the molecule is CC1CCCC(C)N1NC(C)(CN)CCCC(F)(F)F. The Bertz CT molecular complexity index is 286. The molecule has 1 heterocycles. The molecule has 20 heavy (non-hydrogen) atoms. The van der Waals surface area contributed by atoms with Gasteiger partial charge in [-0.05, 0) is 46.5 Å². The first kappa shape index (κ1) is 17.7. The molecule has 0 saturated carbocycles. The highest BCUT2D eigenvalue weighted by atomic mass is 19.4. The highest BCUT2D eigenvalue weighted by molar-refractivity contribution is 4.87.